The van der Waals surface area contributed by atoms with E-state index >= 15 is 4.79 Å². The number of hydrogen-bond donors (Lipinski definition) is 6. The van der Waals surface area contributed by atoms with Crippen molar-refractivity contribution in [2.24, 2.45) is 11.8 Å². The summed E-state index contributed by atoms with van der Waals surface area (Å²) in [6.07, 6.45) is 3.62. The Kier molecular flexibility index (Phi) is 13.9. The van der Waals surface area contributed by atoms with Gasteiger partial charge in [0, 0.05) is 24.4 Å². The zero-order valence-electron chi connectivity index (χ0n) is 35.8. The highest BCUT2D eigenvalue weighted by molar-refractivity contribution is 5.95. The number of aromatic nitrogens is 1. The fraction of sp³-hybridized carbons (Fsp3) is 0.353. The van der Waals surface area contributed by atoms with Crippen molar-refractivity contribution < 1.29 is 44.5 Å². The van der Waals surface area contributed by atoms with Crippen molar-refractivity contribution in [2.45, 2.75) is 76.0 Å². The van der Waals surface area contributed by atoms with Crippen LogP contribution in [-0.2, 0) is 48.9 Å². The molecule has 11 nitrogen and oxygen atoms in total. The van der Waals surface area contributed by atoms with Gasteiger partial charge in [-0.1, -0.05) is 73.2 Å². The van der Waals surface area contributed by atoms with Crippen molar-refractivity contribution in [3.8, 4) is 28.7 Å². The minimum atomic E-state index is -1.58. The molecule has 1 aliphatic carbocycles. The number of rotatable bonds is 18. The summed E-state index contributed by atoms with van der Waals surface area (Å²) in [5.74, 6) is -0.775. The van der Waals surface area contributed by atoms with Crippen molar-refractivity contribution in [1.82, 2.24) is 10.3 Å². The number of aliphatic hydroxyl groups excluding tert-OH is 3. The minimum absolute atomic E-state index is 0.0134. The SMILES string of the molecule is CCc1ccc2ccccc2c1Cc1c(CC(Cc2cc[n-]c2)C(O)C2CCC(O)C(Cc3ccc(OCO)c(OC)c3)(c3cc(O)cc(CNC)c3)C2=O)ccc(O)c1OC. The second kappa shape index (κ2) is 19.5. The topological polar surface area (TPSA) is 172 Å². The van der Waals surface area contributed by atoms with Gasteiger partial charge >= 0.3 is 0 Å². The molecule has 0 saturated heterocycles. The largest absolute Gasteiger partial charge is 0.670 e. The van der Waals surface area contributed by atoms with Crippen molar-refractivity contribution in [3.05, 3.63) is 148 Å². The van der Waals surface area contributed by atoms with Crippen LogP contribution in [0.5, 0.6) is 28.7 Å². The van der Waals surface area contributed by atoms with Crippen LogP contribution in [0.4, 0.5) is 0 Å². The summed E-state index contributed by atoms with van der Waals surface area (Å²) in [6, 6.07) is 28.1. The number of phenolic OH excluding ortho intramolecular Hbond substituents is 2. The molecule has 0 spiro atoms. The number of nitrogens with one attached hydrogen (secondary N) is 1. The fourth-order valence-corrected chi connectivity index (χ4v) is 9.78. The third-order valence-electron chi connectivity index (χ3n) is 12.8. The minimum Gasteiger partial charge on any atom is -0.670 e. The lowest BCUT2D eigenvalue weighted by Gasteiger charge is -2.46. The first-order chi connectivity index (χ1) is 30.0. The summed E-state index contributed by atoms with van der Waals surface area (Å²) < 4.78 is 16.9. The van der Waals surface area contributed by atoms with Crippen LogP contribution in [0.3, 0.4) is 0 Å². The third kappa shape index (κ3) is 8.89. The molecular formula is C51H57N2O9-. The van der Waals surface area contributed by atoms with Crippen molar-refractivity contribution in [2.75, 3.05) is 28.1 Å². The molecule has 1 aromatic heterocycles. The van der Waals surface area contributed by atoms with Crippen LogP contribution in [0.2, 0.25) is 0 Å². The molecule has 1 heterocycles. The molecule has 0 bridgehead atoms. The maximum atomic E-state index is 15.6. The Balaban J connectivity index is 1.33. The molecule has 7 rings (SSSR count). The van der Waals surface area contributed by atoms with Gasteiger partial charge in [0.05, 0.1) is 31.8 Å². The number of aliphatic hydroxyl groups is 3. The van der Waals surface area contributed by atoms with Crippen LogP contribution in [-0.4, -0.2) is 71.6 Å². The van der Waals surface area contributed by atoms with E-state index < -0.39 is 36.3 Å². The lowest BCUT2D eigenvalue weighted by atomic mass is 9.58. The third-order valence-corrected chi connectivity index (χ3v) is 12.8. The maximum Gasteiger partial charge on any atom is 0.186 e. The second-order valence-corrected chi connectivity index (χ2v) is 16.4. The van der Waals surface area contributed by atoms with E-state index in [1.165, 1.54) is 18.7 Å². The number of nitrogens with zero attached hydrogens (tertiary/aromatic N) is 1. The van der Waals surface area contributed by atoms with Crippen LogP contribution in [0.25, 0.3) is 10.8 Å². The Morgan fingerprint density at radius 3 is 2.39 bits per heavy atom. The van der Waals surface area contributed by atoms with E-state index in [0.29, 0.717) is 54.2 Å². The highest BCUT2D eigenvalue weighted by Gasteiger charge is 2.54. The standard InChI is InChI=1S/C51H57N2O9/c1-5-34-11-12-35-8-6-7-9-40(35)42(34)26-43-36(13-15-44(56)49(43)61-4)24-37(20-32-18-19-53-29-32)48(58)41-14-17-47(57)51(50(41)59,38-21-33(28-52-2)22-39(55)25-38)27-31-10-16-45(62-30-54)46(23-31)60-3/h6-13,15-16,18-19,21-23,25,29,37,41,47-48,52,54-58H,5,14,17,20,24,26-28,30H2,1-4H3/q-1. The number of aryl methyl sites for hydroxylation is 1. The molecule has 0 radical (unpaired) electrons. The lowest BCUT2D eigenvalue weighted by Crippen LogP contribution is -2.57. The van der Waals surface area contributed by atoms with Gasteiger partial charge in [-0.25, -0.2) is 0 Å². The zero-order chi connectivity index (χ0) is 44.0. The maximum absolute atomic E-state index is 15.6. The predicted octanol–water partition coefficient (Wildman–Crippen LogP) is 6.71. The zero-order valence-corrected chi connectivity index (χ0v) is 35.8. The smallest absolute Gasteiger partial charge is 0.186 e. The molecule has 6 aromatic rings. The van der Waals surface area contributed by atoms with Crippen LogP contribution in [0.15, 0.2) is 103 Å². The van der Waals surface area contributed by atoms with Crippen molar-refractivity contribution in [1.29, 1.82) is 0 Å². The first kappa shape index (κ1) is 44.2. The number of benzene rings is 5. The molecule has 6 N–H and O–H groups in total. The van der Waals surface area contributed by atoms with E-state index in [9.17, 15) is 25.5 Å². The van der Waals surface area contributed by atoms with Gasteiger partial charge < -0.3 is 50.0 Å². The monoisotopic (exact) mass is 841 g/mol. The van der Waals surface area contributed by atoms with Gasteiger partial charge in [-0.05, 0) is 126 Å². The second-order valence-electron chi connectivity index (χ2n) is 16.4. The Morgan fingerprint density at radius 2 is 1.66 bits per heavy atom. The van der Waals surface area contributed by atoms with Gasteiger partial charge in [0.2, 0.25) is 0 Å². The molecule has 5 unspecified atom stereocenters. The number of carbonyl (C=O) groups is 1. The summed E-state index contributed by atoms with van der Waals surface area (Å²) in [5.41, 5.74) is 5.11. The quantitative estimate of drug-likeness (QED) is 0.0509. The molecule has 11 heteroatoms. The average Bonchev–Trinajstić information content (AvgIpc) is 3.79. The molecule has 326 valence electrons. The number of ether oxygens (including phenoxy) is 3. The van der Waals surface area contributed by atoms with Gasteiger partial charge in [-0.15, -0.1) is 0 Å². The lowest BCUT2D eigenvalue weighted by molar-refractivity contribution is -0.144. The number of phenols is 2. The molecule has 1 saturated carbocycles. The number of ketones is 1. The van der Waals surface area contributed by atoms with E-state index in [0.717, 1.165) is 45.0 Å². The Bertz CT molecular complexity index is 2480. The molecule has 1 fully saturated rings. The van der Waals surface area contributed by atoms with Crippen LogP contribution in [0.1, 0.15) is 64.3 Å². The van der Waals surface area contributed by atoms with E-state index in [2.05, 4.69) is 41.5 Å². The number of methoxy groups -OCH3 is 2. The van der Waals surface area contributed by atoms with E-state index in [1.807, 2.05) is 30.3 Å². The summed E-state index contributed by atoms with van der Waals surface area (Å²) in [6.45, 7) is 1.97. The first-order valence-electron chi connectivity index (χ1n) is 21.3. The van der Waals surface area contributed by atoms with Crippen LogP contribution in [0, 0.1) is 11.8 Å². The van der Waals surface area contributed by atoms with Crippen LogP contribution < -0.4 is 24.5 Å². The summed E-state index contributed by atoms with van der Waals surface area (Å²) in [7, 11) is 4.82. The number of Topliss-reactive ketones (excluding diaryl/α,β-unsaturated/α-hetero) is 1. The molecule has 5 atom stereocenters. The summed E-state index contributed by atoms with van der Waals surface area (Å²) in [5, 5.41) is 62.1. The predicted molar refractivity (Wildman–Crippen MR) is 238 cm³/mol. The molecule has 0 aliphatic heterocycles. The summed E-state index contributed by atoms with van der Waals surface area (Å²) in [4.78, 5) is 20.0. The van der Waals surface area contributed by atoms with Crippen LogP contribution >= 0.6 is 0 Å². The first-order valence-corrected chi connectivity index (χ1v) is 21.3. The molecule has 1 aliphatic rings. The van der Waals surface area contributed by atoms with E-state index in [4.69, 9.17) is 14.2 Å². The highest BCUT2D eigenvalue weighted by Crippen LogP contribution is 2.47. The molecule has 5 aromatic carbocycles. The number of carbonyl (C=O) groups excluding carboxylic acids is 1. The molecule has 62 heavy (non-hydrogen) atoms. The average molecular weight is 842 g/mol. The number of fused-ring (bicyclic) bond motifs is 1. The van der Waals surface area contributed by atoms with Crippen molar-refractivity contribution >= 4 is 16.6 Å². The van der Waals surface area contributed by atoms with Gasteiger partial charge in [-0.3, -0.25) is 4.79 Å². The molecule has 0 amide bonds. The molecular weight excluding hydrogens is 785 g/mol. The summed E-state index contributed by atoms with van der Waals surface area (Å²) >= 11 is 0. The Hall–Kier alpha value is -5.85. The fourth-order valence-electron chi connectivity index (χ4n) is 9.78. The van der Waals surface area contributed by atoms with E-state index in [-0.39, 0.29) is 36.5 Å². The van der Waals surface area contributed by atoms with Gasteiger partial charge in [0.15, 0.2) is 35.6 Å². The number of aromatic hydroxyl groups is 2. The highest BCUT2D eigenvalue weighted by atomic mass is 16.6. The van der Waals surface area contributed by atoms with Gasteiger partial charge in [0.25, 0.3) is 0 Å². The Morgan fingerprint density at radius 1 is 0.855 bits per heavy atom. The van der Waals surface area contributed by atoms with Gasteiger partial charge in [0.1, 0.15) is 5.75 Å². The van der Waals surface area contributed by atoms with E-state index in [1.54, 1.807) is 56.9 Å². The van der Waals surface area contributed by atoms with Gasteiger partial charge in [-0.2, -0.15) is 12.4 Å². The number of hydrogen-bond acceptors (Lipinski definition) is 10. The normalized spacial score (nSPS) is 18.7. The Labute approximate surface area is 363 Å². The van der Waals surface area contributed by atoms with Crippen molar-refractivity contribution in [3.63, 3.8) is 0 Å².